The highest BCUT2D eigenvalue weighted by Crippen LogP contribution is 2.23. The zero-order chi connectivity index (χ0) is 17.3. The number of aromatic nitrogens is 2. The van der Waals surface area contributed by atoms with Gasteiger partial charge in [-0.2, -0.15) is 5.10 Å². The van der Waals surface area contributed by atoms with Gasteiger partial charge in [-0.15, -0.1) is 0 Å². The molecule has 1 heterocycles. The predicted octanol–water partition coefficient (Wildman–Crippen LogP) is 2.94. The summed E-state index contributed by atoms with van der Waals surface area (Å²) in [6.07, 6.45) is 0. The molecule has 1 aromatic heterocycles. The Morgan fingerprint density at radius 1 is 1.08 bits per heavy atom. The molecule has 0 aliphatic rings. The van der Waals surface area contributed by atoms with E-state index in [4.69, 9.17) is 0 Å². The Kier molecular flexibility index (Phi) is 4.04. The van der Waals surface area contributed by atoms with Gasteiger partial charge in [-0.05, 0) is 32.0 Å². The number of amides is 1. The lowest BCUT2D eigenvalue weighted by Crippen LogP contribution is -2.28. The van der Waals surface area contributed by atoms with Crippen LogP contribution < -0.4 is 10.9 Å². The second-order valence-corrected chi connectivity index (χ2v) is 5.71. The van der Waals surface area contributed by atoms with Crippen molar-refractivity contribution >= 4 is 22.4 Å². The second-order valence-electron chi connectivity index (χ2n) is 5.71. The Morgan fingerprint density at radius 3 is 2.38 bits per heavy atom. The van der Waals surface area contributed by atoms with Crippen LogP contribution in [-0.4, -0.2) is 20.8 Å². The van der Waals surface area contributed by atoms with Crippen molar-refractivity contribution in [1.82, 2.24) is 9.78 Å². The van der Waals surface area contributed by atoms with Crippen LogP contribution in [0.5, 0.6) is 5.75 Å². The number of aromatic hydroxyl groups is 1. The van der Waals surface area contributed by atoms with E-state index < -0.39 is 5.91 Å². The minimum absolute atomic E-state index is 0.0349. The highest BCUT2D eigenvalue weighted by atomic mass is 16.3. The maximum atomic E-state index is 12.7. The number of phenols is 1. The second kappa shape index (κ2) is 6.16. The van der Waals surface area contributed by atoms with E-state index in [0.29, 0.717) is 10.8 Å². The Bertz CT molecular complexity index is 977. The lowest BCUT2D eigenvalue weighted by Gasteiger charge is -2.13. The van der Waals surface area contributed by atoms with Crippen LogP contribution in [0, 0.1) is 0 Å². The smallest absolute Gasteiger partial charge is 0.276 e. The van der Waals surface area contributed by atoms with Crippen molar-refractivity contribution in [2.24, 2.45) is 0 Å². The Morgan fingerprint density at radius 2 is 1.71 bits per heavy atom. The topological polar surface area (TPSA) is 84.2 Å². The maximum absolute atomic E-state index is 12.7. The molecule has 2 N–H and O–H groups in total. The van der Waals surface area contributed by atoms with E-state index in [1.54, 1.807) is 42.5 Å². The van der Waals surface area contributed by atoms with Crippen molar-refractivity contribution in [3.63, 3.8) is 0 Å². The molecule has 0 radical (unpaired) electrons. The summed E-state index contributed by atoms with van der Waals surface area (Å²) in [7, 11) is 0. The molecule has 0 fully saturated rings. The monoisotopic (exact) mass is 323 g/mol. The van der Waals surface area contributed by atoms with Crippen LogP contribution in [0.25, 0.3) is 10.8 Å². The van der Waals surface area contributed by atoms with Crippen LogP contribution >= 0.6 is 0 Å². The number of para-hydroxylation sites is 2. The Hall–Kier alpha value is -3.15. The third-order valence-corrected chi connectivity index (χ3v) is 3.68. The lowest BCUT2D eigenvalue weighted by atomic mass is 10.1. The molecule has 0 spiro atoms. The van der Waals surface area contributed by atoms with Gasteiger partial charge in [0.05, 0.1) is 17.1 Å². The molecule has 24 heavy (non-hydrogen) atoms. The SMILES string of the molecule is CC(C)n1nc(C(=O)Nc2ccccc2O)c2ccccc2c1=O. The van der Waals surface area contributed by atoms with Crippen LogP contribution in [-0.2, 0) is 0 Å². The number of carbonyl (C=O) groups excluding carboxylic acids is 1. The van der Waals surface area contributed by atoms with E-state index in [2.05, 4.69) is 10.4 Å². The van der Waals surface area contributed by atoms with Crippen molar-refractivity contribution in [2.45, 2.75) is 19.9 Å². The number of hydrogen-bond donors (Lipinski definition) is 2. The fourth-order valence-electron chi connectivity index (χ4n) is 2.49. The largest absolute Gasteiger partial charge is 0.506 e. The summed E-state index contributed by atoms with van der Waals surface area (Å²) >= 11 is 0. The highest BCUT2D eigenvalue weighted by molar-refractivity contribution is 6.11. The van der Waals surface area contributed by atoms with Gasteiger partial charge >= 0.3 is 0 Å². The number of phenolic OH excluding ortho intramolecular Hbond substituents is 1. The zero-order valence-corrected chi connectivity index (χ0v) is 13.4. The Labute approximate surface area is 138 Å². The number of carbonyl (C=O) groups is 1. The number of benzene rings is 2. The van der Waals surface area contributed by atoms with E-state index in [1.807, 2.05) is 13.8 Å². The van der Waals surface area contributed by atoms with Crippen LogP contribution in [0.1, 0.15) is 30.4 Å². The van der Waals surface area contributed by atoms with Gasteiger partial charge in [0.15, 0.2) is 5.69 Å². The molecular weight excluding hydrogens is 306 g/mol. The average molecular weight is 323 g/mol. The first-order chi connectivity index (χ1) is 11.5. The van der Waals surface area contributed by atoms with E-state index in [9.17, 15) is 14.7 Å². The minimum atomic E-state index is -0.484. The lowest BCUT2D eigenvalue weighted by molar-refractivity contribution is 0.102. The average Bonchev–Trinajstić information content (AvgIpc) is 2.57. The van der Waals surface area contributed by atoms with Gasteiger partial charge in [0, 0.05) is 5.39 Å². The molecule has 0 aliphatic carbocycles. The number of nitrogens with one attached hydrogen (secondary N) is 1. The Balaban J connectivity index is 2.15. The van der Waals surface area contributed by atoms with Gasteiger partial charge < -0.3 is 10.4 Å². The molecule has 3 rings (SSSR count). The van der Waals surface area contributed by atoms with Gasteiger partial charge in [-0.3, -0.25) is 9.59 Å². The highest BCUT2D eigenvalue weighted by Gasteiger charge is 2.18. The summed E-state index contributed by atoms with van der Waals surface area (Å²) in [6, 6.07) is 13.1. The quantitative estimate of drug-likeness (QED) is 0.726. The molecule has 0 atom stereocenters. The molecule has 2 aromatic carbocycles. The van der Waals surface area contributed by atoms with Gasteiger partial charge in [0.2, 0.25) is 0 Å². The fraction of sp³-hybridized carbons (Fsp3) is 0.167. The number of hydrogen-bond acceptors (Lipinski definition) is 4. The van der Waals surface area contributed by atoms with Crippen molar-refractivity contribution < 1.29 is 9.90 Å². The summed E-state index contributed by atoms with van der Waals surface area (Å²) < 4.78 is 1.29. The summed E-state index contributed by atoms with van der Waals surface area (Å²) in [5, 5.41) is 17.6. The third-order valence-electron chi connectivity index (χ3n) is 3.68. The summed E-state index contributed by atoms with van der Waals surface area (Å²) in [5.41, 5.74) is 0.192. The number of anilines is 1. The zero-order valence-electron chi connectivity index (χ0n) is 13.4. The van der Waals surface area contributed by atoms with E-state index in [-0.39, 0.29) is 28.7 Å². The van der Waals surface area contributed by atoms with E-state index >= 15 is 0 Å². The van der Waals surface area contributed by atoms with Crippen molar-refractivity contribution in [2.75, 3.05) is 5.32 Å². The van der Waals surface area contributed by atoms with Crippen LogP contribution in [0.4, 0.5) is 5.69 Å². The molecule has 1 amide bonds. The first-order valence-electron chi connectivity index (χ1n) is 7.60. The molecule has 6 nitrogen and oxygen atoms in total. The number of nitrogens with zero attached hydrogens (tertiary/aromatic N) is 2. The number of fused-ring (bicyclic) bond motifs is 1. The molecule has 122 valence electrons. The van der Waals surface area contributed by atoms with Crippen molar-refractivity contribution in [3.05, 3.63) is 64.6 Å². The third kappa shape index (κ3) is 2.74. The molecule has 0 unspecified atom stereocenters. The maximum Gasteiger partial charge on any atom is 0.276 e. The summed E-state index contributed by atoms with van der Waals surface area (Å²) in [4.78, 5) is 25.2. The van der Waals surface area contributed by atoms with Crippen LogP contribution in [0.15, 0.2) is 53.3 Å². The van der Waals surface area contributed by atoms with Gasteiger partial charge in [0.1, 0.15) is 5.75 Å². The van der Waals surface area contributed by atoms with Crippen LogP contribution in [0.3, 0.4) is 0 Å². The predicted molar refractivity (Wildman–Crippen MR) is 92.4 cm³/mol. The van der Waals surface area contributed by atoms with Gasteiger partial charge in [-0.25, -0.2) is 4.68 Å². The van der Waals surface area contributed by atoms with Crippen molar-refractivity contribution in [1.29, 1.82) is 0 Å². The molecule has 0 bridgehead atoms. The molecule has 0 aliphatic heterocycles. The molecular formula is C18H17N3O3. The first-order valence-corrected chi connectivity index (χ1v) is 7.60. The van der Waals surface area contributed by atoms with Crippen LogP contribution in [0.2, 0.25) is 0 Å². The standard InChI is InChI=1S/C18H17N3O3/c1-11(2)21-18(24)13-8-4-3-7-12(13)16(20-21)17(23)19-14-9-5-6-10-15(14)22/h3-11,22H,1-2H3,(H,19,23). The van der Waals surface area contributed by atoms with Crippen molar-refractivity contribution in [3.8, 4) is 5.75 Å². The number of rotatable bonds is 3. The van der Waals surface area contributed by atoms with Gasteiger partial charge in [-0.1, -0.05) is 30.3 Å². The molecule has 6 heteroatoms. The normalized spacial score (nSPS) is 11.0. The summed E-state index contributed by atoms with van der Waals surface area (Å²) in [6.45, 7) is 3.65. The molecule has 0 saturated carbocycles. The molecule has 0 saturated heterocycles. The van der Waals surface area contributed by atoms with Gasteiger partial charge in [0.25, 0.3) is 11.5 Å². The first kappa shape index (κ1) is 15.7. The van der Waals surface area contributed by atoms with E-state index in [1.165, 1.54) is 10.7 Å². The van der Waals surface area contributed by atoms with E-state index in [0.717, 1.165) is 0 Å². The fourth-order valence-corrected chi connectivity index (χ4v) is 2.49. The minimum Gasteiger partial charge on any atom is -0.506 e. The summed E-state index contributed by atoms with van der Waals surface area (Å²) in [5.74, 6) is -0.519. The molecule has 3 aromatic rings.